The maximum absolute atomic E-state index is 12.3. The third kappa shape index (κ3) is 4.54. The molecule has 126 valence electrons. The number of hydrogen-bond donors (Lipinski definition) is 2. The number of amides is 1. The number of carbonyl (C=O) groups excluding carboxylic acids is 1. The average Bonchev–Trinajstić information content (AvgIpc) is 2.86. The van der Waals surface area contributed by atoms with Gasteiger partial charge in [0.1, 0.15) is 11.5 Å². The molecule has 5 nitrogen and oxygen atoms in total. The molecule has 0 aliphatic heterocycles. The van der Waals surface area contributed by atoms with Gasteiger partial charge in [0.25, 0.3) is 5.91 Å². The molecule has 0 radical (unpaired) electrons. The summed E-state index contributed by atoms with van der Waals surface area (Å²) in [4.78, 5) is 20.8. The predicted molar refractivity (Wildman–Crippen MR) is 95.4 cm³/mol. The van der Waals surface area contributed by atoms with E-state index in [-0.39, 0.29) is 11.9 Å². The number of nitrogens with one attached hydrogen (secondary N) is 2. The van der Waals surface area contributed by atoms with Gasteiger partial charge in [0, 0.05) is 11.7 Å². The van der Waals surface area contributed by atoms with E-state index in [2.05, 4.69) is 20.6 Å². The number of anilines is 2. The van der Waals surface area contributed by atoms with E-state index in [4.69, 9.17) is 0 Å². The summed E-state index contributed by atoms with van der Waals surface area (Å²) < 4.78 is 0. The lowest BCUT2D eigenvalue weighted by Crippen LogP contribution is -2.34. The molecule has 3 rings (SSSR count). The van der Waals surface area contributed by atoms with Crippen molar-refractivity contribution in [1.29, 1.82) is 0 Å². The van der Waals surface area contributed by atoms with Gasteiger partial charge in [-0.15, -0.1) is 0 Å². The van der Waals surface area contributed by atoms with E-state index in [9.17, 15) is 4.79 Å². The van der Waals surface area contributed by atoms with Crippen molar-refractivity contribution in [2.75, 3.05) is 5.32 Å². The van der Waals surface area contributed by atoms with Crippen molar-refractivity contribution in [3.63, 3.8) is 0 Å². The van der Waals surface area contributed by atoms with E-state index < -0.39 is 0 Å². The zero-order valence-corrected chi connectivity index (χ0v) is 14.1. The summed E-state index contributed by atoms with van der Waals surface area (Å²) in [5.41, 5.74) is 2.52. The van der Waals surface area contributed by atoms with Gasteiger partial charge in [0.15, 0.2) is 0 Å². The van der Waals surface area contributed by atoms with Crippen molar-refractivity contribution in [2.24, 2.45) is 0 Å². The maximum Gasteiger partial charge on any atom is 0.271 e. The van der Waals surface area contributed by atoms with Crippen LogP contribution in [0.1, 0.15) is 54.6 Å². The lowest BCUT2D eigenvalue weighted by Gasteiger charge is -2.15. The molecule has 1 aliphatic rings. The molecule has 5 heteroatoms. The molecule has 0 bridgehead atoms. The summed E-state index contributed by atoms with van der Waals surface area (Å²) in [5.74, 6) is 0.501. The van der Waals surface area contributed by atoms with Gasteiger partial charge in [-0.2, -0.15) is 0 Å². The van der Waals surface area contributed by atoms with Crippen molar-refractivity contribution in [2.45, 2.75) is 51.5 Å². The summed E-state index contributed by atoms with van der Waals surface area (Å²) in [5, 5.41) is 6.27. The van der Waals surface area contributed by atoms with E-state index in [1.165, 1.54) is 37.4 Å². The van der Waals surface area contributed by atoms with Crippen LogP contribution >= 0.6 is 0 Å². The van der Waals surface area contributed by atoms with E-state index >= 15 is 0 Å². The summed E-state index contributed by atoms with van der Waals surface area (Å²) in [6, 6.07) is 8.31. The summed E-state index contributed by atoms with van der Waals surface area (Å²) in [6.07, 6.45) is 10.2. The van der Waals surface area contributed by atoms with Crippen LogP contribution in [-0.2, 0) is 0 Å². The molecule has 2 N–H and O–H groups in total. The third-order valence-corrected chi connectivity index (χ3v) is 4.40. The van der Waals surface area contributed by atoms with Gasteiger partial charge in [0.2, 0.25) is 0 Å². The van der Waals surface area contributed by atoms with Crippen LogP contribution in [0, 0.1) is 6.92 Å². The standard InChI is InChI=1S/C19H24N4O/c1-14-8-10-16(11-9-14)22-18-13-20-17(12-21-18)19(24)23-15-6-4-2-3-5-7-15/h8-13,15H,2-7H2,1H3,(H,21,22)(H,23,24). The first kappa shape index (κ1) is 16.4. The first-order valence-corrected chi connectivity index (χ1v) is 8.67. The van der Waals surface area contributed by atoms with Gasteiger partial charge in [-0.1, -0.05) is 43.4 Å². The van der Waals surface area contributed by atoms with Crippen molar-refractivity contribution in [1.82, 2.24) is 15.3 Å². The molecule has 1 aromatic carbocycles. The molecule has 0 unspecified atom stereocenters. The highest BCUT2D eigenvalue weighted by atomic mass is 16.1. The summed E-state index contributed by atoms with van der Waals surface area (Å²) in [6.45, 7) is 2.05. The molecule has 1 fully saturated rings. The second-order valence-electron chi connectivity index (χ2n) is 6.44. The second kappa shape index (κ2) is 7.90. The Morgan fingerprint density at radius 2 is 1.71 bits per heavy atom. The number of hydrogen-bond acceptors (Lipinski definition) is 4. The lowest BCUT2D eigenvalue weighted by molar-refractivity contribution is 0.0928. The number of benzene rings is 1. The molecular weight excluding hydrogens is 300 g/mol. The molecule has 1 aliphatic carbocycles. The van der Waals surface area contributed by atoms with Gasteiger partial charge >= 0.3 is 0 Å². The minimum atomic E-state index is -0.128. The second-order valence-corrected chi connectivity index (χ2v) is 6.44. The quantitative estimate of drug-likeness (QED) is 0.835. The molecule has 0 spiro atoms. The molecule has 1 heterocycles. The Balaban J connectivity index is 1.58. The summed E-state index contributed by atoms with van der Waals surface area (Å²) in [7, 11) is 0. The monoisotopic (exact) mass is 324 g/mol. The van der Waals surface area contributed by atoms with E-state index in [1.807, 2.05) is 31.2 Å². The molecule has 1 saturated carbocycles. The van der Waals surface area contributed by atoms with Crippen LogP contribution in [-0.4, -0.2) is 21.9 Å². The Bertz CT molecular complexity index is 659. The molecule has 1 amide bonds. The Kier molecular flexibility index (Phi) is 5.41. The highest BCUT2D eigenvalue weighted by molar-refractivity contribution is 5.92. The van der Waals surface area contributed by atoms with E-state index in [1.54, 1.807) is 6.20 Å². The molecule has 1 aromatic heterocycles. The normalized spacial score (nSPS) is 15.5. The summed E-state index contributed by atoms with van der Waals surface area (Å²) >= 11 is 0. The van der Waals surface area contributed by atoms with Crippen molar-refractivity contribution >= 4 is 17.4 Å². The Morgan fingerprint density at radius 1 is 1.00 bits per heavy atom. The van der Waals surface area contributed by atoms with Gasteiger partial charge in [-0.05, 0) is 31.9 Å². The van der Waals surface area contributed by atoms with Gasteiger partial charge < -0.3 is 10.6 Å². The first-order chi connectivity index (χ1) is 11.7. The topological polar surface area (TPSA) is 66.9 Å². The molecule has 2 aromatic rings. The van der Waals surface area contributed by atoms with Crippen LogP contribution in [0.25, 0.3) is 0 Å². The highest BCUT2D eigenvalue weighted by Crippen LogP contribution is 2.18. The molecule has 24 heavy (non-hydrogen) atoms. The Labute approximate surface area is 142 Å². The number of carbonyl (C=O) groups is 1. The van der Waals surface area contributed by atoms with Crippen LogP contribution in [0.2, 0.25) is 0 Å². The zero-order valence-electron chi connectivity index (χ0n) is 14.1. The number of nitrogens with zero attached hydrogens (tertiary/aromatic N) is 2. The number of aromatic nitrogens is 2. The van der Waals surface area contributed by atoms with Crippen LogP contribution in [0.3, 0.4) is 0 Å². The van der Waals surface area contributed by atoms with Crippen molar-refractivity contribution < 1.29 is 4.79 Å². The first-order valence-electron chi connectivity index (χ1n) is 8.67. The fourth-order valence-corrected chi connectivity index (χ4v) is 2.98. The van der Waals surface area contributed by atoms with Crippen LogP contribution < -0.4 is 10.6 Å². The van der Waals surface area contributed by atoms with Crippen LogP contribution in [0.5, 0.6) is 0 Å². The van der Waals surface area contributed by atoms with Gasteiger partial charge in [-0.3, -0.25) is 4.79 Å². The van der Waals surface area contributed by atoms with Gasteiger partial charge in [0.05, 0.1) is 12.4 Å². The van der Waals surface area contributed by atoms with Gasteiger partial charge in [-0.25, -0.2) is 9.97 Å². The fourth-order valence-electron chi connectivity index (χ4n) is 2.98. The molecule has 0 saturated heterocycles. The van der Waals surface area contributed by atoms with Crippen LogP contribution in [0.4, 0.5) is 11.5 Å². The molecular formula is C19H24N4O. The minimum Gasteiger partial charge on any atom is -0.348 e. The Hall–Kier alpha value is -2.43. The number of aryl methyl sites for hydroxylation is 1. The average molecular weight is 324 g/mol. The largest absolute Gasteiger partial charge is 0.348 e. The molecule has 0 atom stereocenters. The minimum absolute atomic E-state index is 0.128. The third-order valence-electron chi connectivity index (χ3n) is 4.40. The smallest absolute Gasteiger partial charge is 0.271 e. The Morgan fingerprint density at radius 3 is 2.33 bits per heavy atom. The highest BCUT2D eigenvalue weighted by Gasteiger charge is 2.16. The van der Waals surface area contributed by atoms with E-state index in [0.29, 0.717) is 11.5 Å². The van der Waals surface area contributed by atoms with Crippen molar-refractivity contribution in [3.8, 4) is 0 Å². The van der Waals surface area contributed by atoms with E-state index in [0.717, 1.165) is 18.5 Å². The maximum atomic E-state index is 12.3. The number of rotatable bonds is 4. The zero-order chi connectivity index (χ0) is 16.8. The fraction of sp³-hybridized carbons (Fsp3) is 0.421. The lowest BCUT2D eigenvalue weighted by atomic mass is 10.1. The van der Waals surface area contributed by atoms with Crippen molar-refractivity contribution in [3.05, 3.63) is 47.9 Å². The predicted octanol–water partition coefficient (Wildman–Crippen LogP) is 3.98. The van der Waals surface area contributed by atoms with Crippen LogP contribution in [0.15, 0.2) is 36.7 Å². The SMILES string of the molecule is Cc1ccc(Nc2cnc(C(=O)NC3CCCCCC3)cn2)cc1.